The maximum absolute atomic E-state index is 12.8. The lowest BCUT2D eigenvalue weighted by Crippen LogP contribution is -2.41. The van der Waals surface area contributed by atoms with Crippen LogP contribution < -0.4 is 9.47 Å². The van der Waals surface area contributed by atoms with Crippen molar-refractivity contribution in [3.8, 4) is 11.5 Å². The minimum atomic E-state index is -0.854. The highest BCUT2D eigenvalue weighted by molar-refractivity contribution is 5.78. The van der Waals surface area contributed by atoms with Gasteiger partial charge < -0.3 is 33.3 Å². The van der Waals surface area contributed by atoms with E-state index in [1.165, 1.54) is 0 Å². The second kappa shape index (κ2) is 10.2. The van der Waals surface area contributed by atoms with E-state index in [9.17, 15) is 4.79 Å². The molecule has 8 heteroatoms. The van der Waals surface area contributed by atoms with Gasteiger partial charge in [-0.15, -0.1) is 0 Å². The Kier molecular flexibility index (Phi) is 7.82. The van der Waals surface area contributed by atoms with Gasteiger partial charge in [0, 0.05) is 46.6 Å². The summed E-state index contributed by atoms with van der Waals surface area (Å²) < 4.78 is 34.1. The van der Waals surface area contributed by atoms with Gasteiger partial charge in [-0.05, 0) is 30.2 Å². The van der Waals surface area contributed by atoms with Gasteiger partial charge in [-0.3, -0.25) is 4.79 Å². The lowest BCUT2D eigenvalue weighted by atomic mass is 9.69. The molecule has 1 saturated heterocycles. The van der Waals surface area contributed by atoms with Crippen molar-refractivity contribution in [3.05, 3.63) is 35.9 Å². The molecule has 2 aliphatic rings. The van der Waals surface area contributed by atoms with E-state index in [0.29, 0.717) is 44.0 Å². The zero-order valence-electron chi connectivity index (χ0n) is 19.9. The summed E-state index contributed by atoms with van der Waals surface area (Å²) in [4.78, 5) is 14.4. The summed E-state index contributed by atoms with van der Waals surface area (Å²) >= 11 is 0. The van der Waals surface area contributed by atoms with Crippen LogP contribution in [0.3, 0.4) is 0 Å². The van der Waals surface area contributed by atoms with Crippen molar-refractivity contribution in [1.82, 2.24) is 4.90 Å². The Morgan fingerprint density at radius 3 is 2.06 bits per heavy atom. The molecule has 1 aromatic rings. The highest BCUT2D eigenvalue weighted by Gasteiger charge is 2.50. The molecule has 0 bridgehead atoms. The number of hydrogen-bond acceptors (Lipinski definition) is 7. The van der Waals surface area contributed by atoms with Crippen molar-refractivity contribution < 1.29 is 33.2 Å². The lowest BCUT2D eigenvalue weighted by molar-refractivity contribution is -0.155. The molecule has 8 nitrogen and oxygen atoms in total. The van der Waals surface area contributed by atoms with Crippen LogP contribution in [0.1, 0.15) is 24.8 Å². The topological polar surface area (TPSA) is 75.7 Å². The van der Waals surface area contributed by atoms with Crippen LogP contribution in [0, 0.1) is 0 Å². The molecule has 1 aliphatic carbocycles. The van der Waals surface area contributed by atoms with Gasteiger partial charge in [0.25, 0.3) is 0 Å². The molecule has 1 spiro atoms. The summed E-state index contributed by atoms with van der Waals surface area (Å²) in [6, 6.07) is 5.81. The lowest BCUT2D eigenvalue weighted by Gasteiger charge is -2.40. The number of ether oxygens (including phenoxy) is 6. The van der Waals surface area contributed by atoms with Crippen molar-refractivity contribution in [2.75, 3.05) is 55.7 Å². The maximum atomic E-state index is 12.8. The number of carbonyl (C=O) groups is 1. The molecule has 3 rings (SSSR count). The van der Waals surface area contributed by atoms with Crippen LogP contribution in [0.2, 0.25) is 0 Å². The average molecular weight is 450 g/mol. The summed E-state index contributed by atoms with van der Waals surface area (Å²) in [6.07, 6.45) is 5.15. The fourth-order valence-corrected chi connectivity index (χ4v) is 4.41. The third kappa shape index (κ3) is 4.93. The largest absolute Gasteiger partial charge is 0.493 e. The molecule has 1 fully saturated rings. The Bertz CT molecular complexity index is 811. The third-order valence-electron chi connectivity index (χ3n) is 6.28. The molecule has 178 valence electrons. The summed E-state index contributed by atoms with van der Waals surface area (Å²) in [5.74, 6) is 0.467. The highest BCUT2D eigenvalue weighted by atomic mass is 16.8. The molecule has 1 aromatic carbocycles. The summed E-state index contributed by atoms with van der Waals surface area (Å²) in [5, 5.41) is 0. The highest BCUT2D eigenvalue weighted by Crippen LogP contribution is 2.47. The average Bonchev–Trinajstić information content (AvgIpc) is 3.12. The smallest absolute Gasteiger partial charge is 0.223 e. The maximum Gasteiger partial charge on any atom is 0.223 e. The van der Waals surface area contributed by atoms with E-state index in [4.69, 9.17) is 28.4 Å². The molecule has 0 saturated carbocycles. The summed E-state index contributed by atoms with van der Waals surface area (Å²) in [5.41, 5.74) is 0.464. The SMILES string of the molecule is COC[C@@H]1OC2(C=C[C@@](CC(=O)N(C)C)(c3ccc(OC)c(OC)c3)CC2)O[C@H]1COC. The van der Waals surface area contributed by atoms with Gasteiger partial charge in [0.1, 0.15) is 12.2 Å². The first-order chi connectivity index (χ1) is 15.3. The van der Waals surface area contributed by atoms with Crippen LogP contribution in [0.5, 0.6) is 11.5 Å². The van der Waals surface area contributed by atoms with Crippen LogP contribution in [-0.4, -0.2) is 84.6 Å². The van der Waals surface area contributed by atoms with E-state index >= 15 is 0 Å². The first-order valence-electron chi connectivity index (χ1n) is 10.8. The van der Waals surface area contributed by atoms with Crippen LogP contribution >= 0.6 is 0 Å². The Morgan fingerprint density at radius 1 is 0.969 bits per heavy atom. The van der Waals surface area contributed by atoms with Crippen LogP contribution in [0.15, 0.2) is 30.4 Å². The number of nitrogens with zero attached hydrogens (tertiary/aromatic N) is 1. The Morgan fingerprint density at radius 2 is 1.59 bits per heavy atom. The molecule has 1 aliphatic heterocycles. The van der Waals surface area contributed by atoms with E-state index in [1.807, 2.05) is 24.3 Å². The minimum absolute atomic E-state index is 0.0446. The second-order valence-corrected chi connectivity index (χ2v) is 8.56. The molecule has 3 atom stereocenters. The van der Waals surface area contributed by atoms with Crippen LogP contribution in [-0.2, 0) is 29.2 Å². The predicted octanol–water partition coefficient (Wildman–Crippen LogP) is 2.54. The Hall–Kier alpha value is -2.13. The first-order valence-corrected chi connectivity index (χ1v) is 10.8. The number of amides is 1. The number of rotatable bonds is 9. The molecular formula is C24H35NO7. The van der Waals surface area contributed by atoms with Crippen molar-refractivity contribution in [3.63, 3.8) is 0 Å². The fourth-order valence-electron chi connectivity index (χ4n) is 4.41. The van der Waals surface area contributed by atoms with Crippen molar-refractivity contribution >= 4 is 5.91 Å². The number of hydrogen-bond donors (Lipinski definition) is 0. The van der Waals surface area contributed by atoms with E-state index in [-0.39, 0.29) is 18.1 Å². The standard InChI is InChI=1S/C24H35NO7/c1-25(2)22(26)14-23(17-7-8-18(29-5)19(13-17)30-6)9-11-24(12-10-23)31-20(15-27-3)21(32-24)16-28-4/h7-9,11,13,20-21H,10,12,14-16H2,1-6H3/t20-,21-,23+/m0/s1. The first kappa shape index (κ1) is 24.5. The van der Waals surface area contributed by atoms with Crippen molar-refractivity contribution in [2.24, 2.45) is 0 Å². The Labute approximate surface area is 190 Å². The molecule has 1 heterocycles. The Balaban J connectivity index is 1.96. The van der Waals surface area contributed by atoms with E-state index in [2.05, 4.69) is 6.08 Å². The van der Waals surface area contributed by atoms with Crippen LogP contribution in [0.25, 0.3) is 0 Å². The van der Waals surface area contributed by atoms with Gasteiger partial charge in [0.2, 0.25) is 5.91 Å². The normalized spacial score (nSPS) is 26.3. The van der Waals surface area contributed by atoms with Gasteiger partial charge in [-0.25, -0.2) is 0 Å². The molecule has 0 radical (unpaired) electrons. The van der Waals surface area contributed by atoms with Gasteiger partial charge in [-0.1, -0.05) is 12.1 Å². The predicted molar refractivity (Wildman–Crippen MR) is 119 cm³/mol. The fraction of sp³-hybridized carbons (Fsp3) is 0.625. The van der Waals surface area contributed by atoms with Gasteiger partial charge in [-0.2, -0.15) is 0 Å². The molecule has 1 amide bonds. The van der Waals surface area contributed by atoms with Gasteiger partial charge in [0.15, 0.2) is 17.3 Å². The van der Waals surface area contributed by atoms with Gasteiger partial charge in [0.05, 0.1) is 27.4 Å². The number of carbonyl (C=O) groups excluding carboxylic acids is 1. The molecule has 32 heavy (non-hydrogen) atoms. The van der Waals surface area contributed by atoms with Crippen molar-refractivity contribution in [1.29, 1.82) is 0 Å². The zero-order valence-corrected chi connectivity index (χ0v) is 19.9. The quantitative estimate of drug-likeness (QED) is 0.536. The van der Waals surface area contributed by atoms with E-state index < -0.39 is 11.2 Å². The van der Waals surface area contributed by atoms with E-state index in [0.717, 1.165) is 5.56 Å². The van der Waals surface area contributed by atoms with Crippen LogP contribution in [0.4, 0.5) is 0 Å². The number of allylic oxidation sites excluding steroid dienone is 1. The third-order valence-corrected chi connectivity index (χ3v) is 6.28. The zero-order chi connectivity index (χ0) is 23.4. The molecule has 0 aromatic heterocycles. The van der Waals surface area contributed by atoms with Crippen molar-refractivity contribution in [2.45, 2.75) is 42.7 Å². The molecular weight excluding hydrogens is 414 g/mol. The summed E-state index contributed by atoms with van der Waals surface area (Å²) in [6.45, 7) is 0.840. The monoisotopic (exact) mass is 449 g/mol. The second-order valence-electron chi connectivity index (χ2n) is 8.56. The minimum Gasteiger partial charge on any atom is -0.493 e. The number of benzene rings is 1. The van der Waals surface area contributed by atoms with Gasteiger partial charge >= 0.3 is 0 Å². The molecule has 0 N–H and O–H groups in total. The summed E-state index contributed by atoms with van der Waals surface area (Å²) in [7, 11) is 10.0. The molecule has 0 unspecified atom stereocenters. The van der Waals surface area contributed by atoms with E-state index in [1.54, 1.807) is 47.4 Å². The number of methoxy groups -OCH3 is 4.